The van der Waals surface area contributed by atoms with E-state index in [-0.39, 0.29) is 24.8 Å². The highest BCUT2D eigenvalue weighted by Crippen LogP contribution is 2.24. The summed E-state index contributed by atoms with van der Waals surface area (Å²) < 4.78 is 0. The Morgan fingerprint density at radius 2 is 1.81 bits per heavy atom. The highest BCUT2D eigenvalue weighted by atomic mass is 35.5. The van der Waals surface area contributed by atoms with Gasteiger partial charge in [-0.1, -0.05) is 29.8 Å². The third kappa shape index (κ3) is 3.46. The summed E-state index contributed by atoms with van der Waals surface area (Å²) in [6.45, 7) is 2.65. The first-order valence-corrected chi connectivity index (χ1v) is 5.33. The Balaban J connectivity index is 0.00000112. The molecule has 0 aliphatic rings. The van der Waals surface area contributed by atoms with Crippen LogP contribution in [0.2, 0.25) is 0 Å². The number of halogens is 2. The Morgan fingerprint density at radius 3 is 2.31 bits per heavy atom. The van der Waals surface area contributed by atoms with Gasteiger partial charge in [0.05, 0.1) is 0 Å². The van der Waals surface area contributed by atoms with E-state index in [1.165, 1.54) is 11.1 Å². The number of aromatic nitrogens is 1. The minimum atomic E-state index is 0. The van der Waals surface area contributed by atoms with Crippen molar-refractivity contribution in [1.29, 1.82) is 0 Å². The second-order valence-corrected chi connectivity index (χ2v) is 4.32. The topological polar surface area (TPSA) is 38.9 Å². The first-order valence-electron chi connectivity index (χ1n) is 4.51. The number of rotatable bonds is 2. The van der Waals surface area contributed by atoms with Crippen LogP contribution in [0.4, 0.5) is 0 Å². The second-order valence-electron chi connectivity index (χ2n) is 3.20. The molecule has 0 fully saturated rings. The zero-order valence-electron chi connectivity index (χ0n) is 8.84. The van der Waals surface area contributed by atoms with E-state index >= 15 is 0 Å². The average molecular weight is 277 g/mol. The molecular formula is C11H14Cl2N2S. The van der Waals surface area contributed by atoms with Crippen LogP contribution in [-0.2, 0) is 6.54 Å². The van der Waals surface area contributed by atoms with Crippen molar-refractivity contribution in [2.45, 2.75) is 13.5 Å². The zero-order valence-corrected chi connectivity index (χ0v) is 11.3. The predicted molar refractivity (Wildman–Crippen MR) is 74.7 cm³/mol. The maximum Gasteiger partial charge on any atom is 0.123 e. The Bertz CT molecular complexity index is 426. The van der Waals surface area contributed by atoms with Crippen LogP contribution >= 0.6 is 36.2 Å². The third-order valence-electron chi connectivity index (χ3n) is 2.05. The van der Waals surface area contributed by atoms with Gasteiger partial charge in [0.2, 0.25) is 0 Å². The van der Waals surface area contributed by atoms with E-state index in [2.05, 4.69) is 36.2 Å². The van der Waals surface area contributed by atoms with Crippen molar-refractivity contribution >= 4 is 36.2 Å². The van der Waals surface area contributed by atoms with Gasteiger partial charge in [0.1, 0.15) is 5.01 Å². The second kappa shape index (κ2) is 6.86. The fourth-order valence-corrected chi connectivity index (χ4v) is 2.03. The van der Waals surface area contributed by atoms with Gasteiger partial charge in [-0.05, 0) is 6.92 Å². The van der Waals surface area contributed by atoms with Crippen molar-refractivity contribution in [3.63, 3.8) is 0 Å². The number of benzene rings is 1. The van der Waals surface area contributed by atoms with Crippen LogP contribution in [0.1, 0.15) is 10.4 Å². The van der Waals surface area contributed by atoms with Gasteiger partial charge in [-0.2, -0.15) is 0 Å². The van der Waals surface area contributed by atoms with Crippen LogP contribution < -0.4 is 5.73 Å². The van der Waals surface area contributed by atoms with Crippen molar-refractivity contribution in [2.24, 2.45) is 5.73 Å². The number of nitrogens with zero attached hydrogens (tertiary/aromatic N) is 1. The van der Waals surface area contributed by atoms with E-state index in [1.807, 2.05) is 6.20 Å². The first kappa shape index (κ1) is 15.4. The van der Waals surface area contributed by atoms with E-state index in [0.717, 1.165) is 9.88 Å². The number of hydrogen-bond donors (Lipinski definition) is 1. The fraction of sp³-hybridized carbons (Fsp3) is 0.182. The van der Waals surface area contributed by atoms with Gasteiger partial charge < -0.3 is 5.73 Å². The summed E-state index contributed by atoms with van der Waals surface area (Å²) in [4.78, 5) is 5.45. The molecule has 0 bridgehead atoms. The molecule has 2 N–H and O–H groups in total. The lowest BCUT2D eigenvalue weighted by atomic mass is 10.2. The number of nitrogens with two attached hydrogens (primary N) is 1. The molecule has 88 valence electrons. The molecule has 2 nitrogen and oxygen atoms in total. The van der Waals surface area contributed by atoms with Crippen LogP contribution in [0.25, 0.3) is 10.6 Å². The van der Waals surface area contributed by atoms with Gasteiger partial charge in [-0.3, -0.25) is 0 Å². The maximum absolute atomic E-state index is 5.54. The van der Waals surface area contributed by atoms with E-state index < -0.39 is 0 Å². The normalized spacial score (nSPS) is 9.12. The summed E-state index contributed by atoms with van der Waals surface area (Å²) in [5.41, 5.74) is 7.97. The third-order valence-corrected chi connectivity index (χ3v) is 3.12. The minimum absolute atomic E-state index is 0. The SMILES string of the molecule is Cc1ccc(-c2ncc(CN)s2)cc1.Cl.Cl. The maximum atomic E-state index is 5.54. The molecule has 0 amide bonds. The van der Waals surface area contributed by atoms with Gasteiger partial charge in [-0.25, -0.2) is 4.98 Å². The highest BCUT2D eigenvalue weighted by molar-refractivity contribution is 7.15. The van der Waals surface area contributed by atoms with Gasteiger partial charge in [0, 0.05) is 23.2 Å². The zero-order chi connectivity index (χ0) is 9.97. The molecule has 0 saturated heterocycles. The lowest BCUT2D eigenvalue weighted by Crippen LogP contribution is -1.91. The molecule has 0 spiro atoms. The number of hydrogen-bond acceptors (Lipinski definition) is 3. The van der Waals surface area contributed by atoms with Crippen LogP contribution in [0.15, 0.2) is 30.5 Å². The molecule has 2 rings (SSSR count). The number of aryl methyl sites for hydroxylation is 1. The molecule has 1 aromatic carbocycles. The Hall–Kier alpha value is -0.610. The van der Waals surface area contributed by atoms with Gasteiger partial charge in [0.15, 0.2) is 0 Å². The summed E-state index contributed by atoms with van der Waals surface area (Å²) in [5.74, 6) is 0. The average Bonchev–Trinajstić information content (AvgIpc) is 2.67. The Kier molecular flexibility index (Phi) is 6.60. The van der Waals surface area contributed by atoms with Crippen LogP contribution in [0, 0.1) is 6.92 Å². The quantitative estimate of drug-likeness (QED) is 0.913. The minimum Gasteiger partial charge on any atom is -0.326 e. The summed E-state index contributed by atoms with van der Waals surface area (Å²) in [6, 6.07) is 8.38. The Labute approximate surface area is 112 Å². The lowest BCUT2D eigenvalue weighted by molar-refractivity contribution is 1.10. The molecule has 0 atom stereocenters. The monoisotopic (exact) mass is 276 g/mol. The van der Waals surface area contributed by atoms with Crippen molar-refractivity contribution in [2.75, 3.05) is 0 Å². The van der Waals surface area contributed by atoms with Gasteiger partial charge in [-0.15, -0.1) is 36.2 Å². The largest absolute Gasteiger partial charge is 0.326 e. The summed E-state index contributed by atoms with van der Waals surface area (Å²) >= 11 is 1.66. The fourth-order valence-electron chi connectivity index (χ4n) is 1.23. The van der Waals surface area contributed by atoms with Crippen molar-refractivity contribution in [3.8, 4) is 10.6 Å². The van der Waals surface area contributed by atoms with Crippen molar-refractivity contribution in [3.05, 3.63) is 40.9 Å². The molecule has 1 aromatic heterocycles. The summed E-state index contributed by atoms with van der Waals surface area (Å²) in [7, 11) is 0. The van der Waals surface area contributed by atoms with E-state index in [9.17, 15) is 0 Å². The number of thiazole rings is 1. The highest BCUT2D eigenvalue weighted by Gasteiger charge is 2.02. The molecule has 5 heteroatoms. The Morgan fingerprint density at radius 1 is 1.19 bits per heavy atom. The van der Waals surface area contributed by atoms with E-state index in [0.29, 0.717) is 6.54 Å². The van der Waals surface area contributed by atoms with E-state index in [1.54, 1.807) is 11.3 Å². The molecule has 0 saturated carbocycles. The molecule has 2 aromatic rings. The molecule has 1 heterocycles. The first-order chi connectivity index (χ1) is 6.79. The van der Waals surface area contributed by atoms with E-state index in [4.69, 9.17) is 5.73 Å². The molecule has 0 aliphatic heterocycles. The summed E-state index contributed by atoms with van der Waals surface area (Å²) in [5, 5.41) is 1.05. The molecule has 0 unspecified atom stereocenters. The standard InChI is InChI=1S/C11H12N2S.2ClH/c1-8-2-4-9(5-3-8)11-13-7-10(6-12)14-11;;/h2-5,7H,6,12H2,1H3;2*1H. The molecule has 0 aliphatic carbocycles. The smallest absolute Gasteiger partial charge is 0.123 e. The van der Waals surface area contributed by atoms with Crippen LogP contribution in [0.3, 0.4) is 0 Å². The van der Waals surface area contributed by atoms with Gasteiger partial charge >= 0.3 is 0 Å². The lowest BCUT2D eigenvalue weighted by Gasteiger charge is -1.96. The van der Waals surface area contributed by atoms with Crippen LogP contribution in [0.5, 0.6) is 0 Å². The van der Waals surface area contributed by atoms with Crippen molar-refractivity contribution < 1.29 is 0 Å². The molecule has 0 radical (unpaired) electrons. The summed E-state index contributed by atoms with van der Waals surface area (Å²) in [6.07, 6.45) is 1.85. The molecular weight excluding hydrogens is 263 g/mol. The van der Waals surface area contributed by atoms with Crippen LogP contribution in [-0.4, -0.2) is 4.98 Å². The van der Waals surface area contributed by atoms with Crippen molar-refractivity contribution in [1.82, 2.24) is 4.98 Å². The molecule has 16 heavy (non-hydrogen) atoms. The van der Waals surface area contributed by atoms with Gasteiger partial charge in [0.25, 0.3) is 0 Å². The predicted octanol–water partition coefficient (Wildman–Crippen LogP) is 3.42.